The van der Waals surface area contributed by atoms with Crippen molar-refractivity contribution >= 4 is 29.6 Å². The summed E-state index contributed by atoms with van der Waals surface area (Å²) in [5.41, 5.74) is 5.78. The van der Waals surface area contributed by atoms with Gasteiger partial charge in [0.2, 0.25) is 5.91 Å². The molecule has 0 bridgehead atoms. The molecule has 0 aromatic carbocycles. The topological polar surface area (TPSA) is 119 Å². The first-order valence-corrected chi connectivity index (χ1v) is 13.8. The third-order valence-electron chi connectivity index (χ3n) is 4.95. The van der Waals surface area contributed by atoms with Crippen LogP contribution in [0.1, 0.15) is 87.5 Å². The van der Waals surface area contributed by atoms with Crippen molar-refractivity contribution in [1.29, 1.82) is 0 Å². The maximum absolute atomic E-state index is 11.2. The van der Waals surface area contributed by atoms with Crippen LogP contribution in [0.4, 0.5) is 0 Å². The van der Waals surface area contributed by atoms with E-state index in [2.05, 4.69) is 41.5 Å². The largest absolute Gasteiger partial charge is 0.481 e. The monoisotopic (exact) mass is 524 g/mol. The molecule has 0 spiro atoms. The van der Waals surface area contributed by atoms with Gasteiger partial charge in [-0.15, -0.1) is 0 Å². The fraction of sp³-hybridized carbons (Fsp3) is 0.885. The Hall–Kier alpha value is -1.32. The number of likely N-dealkylation sites (N-methyl/N-ethyl adjacent to an activating group) is 1. The summed E-state index contributed by atoms with van der Waals surface area (Å²) >= 11 is 1.71. The molecule has 0 fully saturated rings. The molecule has 0 aliphatic rings. The average molecular weight is 525 g/mol. The Morgan fingerprint density at radius 2 is 1.54 bits per heavy atom. The smallest absolute Gasteiger partial charge is 0.305 e. The number of carbonyl (C=O) groups is 3. The van der Waals surface area contributed by atoms with Crippen LogP contribution in [0.5, 0.6) is 0 Å². The van der Waals surface area contributed by atoms with E-state index in [1.54, 1.807) is 30.8 Å². The first kappa shape index (κ1) is 40.8. The van der Waals surface area contributed by atoms with E-state index < -0.39 is 17.9 Å². The van der Waals surface area contributed by atoms with Crippen LogP contribution in [0.15, 0.2) is 0 Å². The summed E-state index contributed by atoms with van der Waals surface area (Å²) in [5.74, 6) is 0.996. The van der Waals surface area contributed by atoms with Crippen molar-refractivity contribution in [3.63, 3.8) is 0 Å². The molecule has 0 rings (SSSR count). The molecule has 0 heterocycles. The lowest BCUT2D eigenvalue weighted by molar-refractivity contribution is -0.145. The van der Waals surface area contributed by atoms with Gasteiger partial charge in [-0.1, -0.05) is 68.2 Å². The fourth-order valence-electron chi connectivity index (χ4n) is 1.95. The van der Waals surface area contributed by atoms with Crippen LogP contribution in [0, 0.1) is 11.3 Å². The number of hydrogen-bond donors (Lipinski definition) is 2. The summed E-state index contributed by atoms with van der Waals surface area (Å²) in [6, 6.07) is -0.435. The average Bonchev–Trinajstić information content (AvgIpc) is 2.78. The molecule has 1 amide bonds. The molecule has 0 aromatic rings. The summed E-state index contributed by atoms with van der Waals surface area (Å²) < 4.78 is 9.59. The molecule has 0 saturated carbocycles. The van der Waals surface area contributed by atoms with Gasteiger partial charge in [0.15, 0.2) is 0 Å². The van der Waals surface area contributed by atoms with Crippen molar-refractivity contribution in [1.82, 2.24) is 4.90 Å². The number of aliphatic carboxylic acids is 1. The van der Waals surface area contributed by atoms with Gasteiger partial charge in [-0.3, -0.25) is 19.3 Å². The van der Waals surface area contributed by atoms with Gasteiger partial charge in [-0.25, -0.2) is 0 Å². The summed E-state index contributed by atoms with van der Waals surface area (Å²) in [5, 5.41) is 8.27. The van der Waals surface area contributed by atoms with E-state index >= 15 is 0 Å². The molecule has 3 N–H and O–H groups in total. The van der Waals surface area contributed by atoms with Crippen molar-refractivity contribution < 1.29 is 29.0 Å². The van der Waals surface area contributed by atoms with Gasteiger partial charge in [-0.05, 0) is 37.6 Å². The minimum Gasteiger partial charge on any atom is -0.481 e. The molecule has 35 heavy (non-hydrogen) atoms. The van der Waals surface area contributed by atoms with E-state index in [1.807, 2.05) is 13.8 Å². The van der Waals surface area contributed by atoms with E-state index in [1.165, 1.54) is 20.0 Å². The maximum atomic E-state index is 11.2. The van der Waals surface area contributed by atoms with Crippen molar-refractivity contribution in [3.8, 4) is 0 Å². The molecular formula is C26H56N2O6S. The number of thioether (sulfide) groups is 1. The molecule has 0 saturated heterocycles. The van der Waals surface area contributed by atoms with Crippen molar-refractivity contribution in [2.24, 2.45) is 17.1 Å². The minimum atomic E-state index is -0.698. The number of nitrogens with two attached hydrogens (primary N) is 1. The summed E-state index contributed by atoms with van der Waals surface area (Å²) in [6.45, 7) is 18.0. The van der Waals surface area contributed by atoms with E-state index in [0.29, 0.717) is 24.4 Å². The normalized spacial score (nSPS) is 11.2. The number of ether oxygens (including phenoxy) is 2. The van der Waals surface area contributed by atoms with Gasteiger partial charge in [0.25, 0.3) is 0 Å². The van der Waals surface area contributed by atoms with Crippen LogP contribution >= 0.6 is 11.8 Å². The second-order valence-corrected chi connectivity index (χ2v) is 10.3. The Bertz CT molecular complexity index is 508. The Morgan fingerprint density at radius 3 is 1.86 bits per heavy atom. The molecular weight excluding hydrogens is 468 g/mol. The van der Waals surface area contributed by atoms with Gasteiger partial charge < -0.3 is 20.3 Å². The van der Waals surface area contributed by atoms with Crippen LogP contribution in [-0.4, -0.2) is 79.8 Å². The van der Waals surface area contributed by atoms with E-state index in [-0.39, 0.29) is 25.4 Å². The summed E-state index contributed by atoms with van der Waals surface area (Å²) in [4.78, 5) is 34.0. The lowest BCUT2D eigenvalue weighted by Gasteiger charge is -2.20. The Morgan fingerprint density at radius 1 is 1.03 bits per heavy atom. The lowest BCUT2D eigenvalue weighted by atomic mass is 9.88. The standard InChI is InChI=1S/C10H20N2O4.C7H14O2S.C7H16.C2H6/c1-12(2)8(10(11)14)4-5-9(13)16-7-6-15-3;1-6(2)5-10-4-3-7(8)9;1-5-7(3,4)6-2;1-2/h8H,4-7H2,1-3H3,(H2,11,14);6H,3-5H2,1-2H3,(H,8,9);5-6H2,1-4H3;1-2H3/t8-;;;/m0.../s1. The zero-order valence-corrected chi connectivity index (χ0v) is 25.3. The number of methoxy groups -OCH3 is 1. The van der Waals surface area contributed by atoms with Crippen LogP contribution in [0.3, 0.4) is 0 Å². The van der Waals surface area contributed by atoms with Crippen LogP contribution in [0.2, 0.25) is 0 Å². The highest BCUT2D eigenvalue weighted by Gasteiger charge is 2.19. The Labute approximate surface area is 220 Å². The quantitative estimate of drug-likeness (QED) is 0.225. The second kappa shape index (κ2) is 27.3. The predicted octanol–water partition coefficient (Wildman–Crippen LogP) is 5.08. The molecule has 8 nitrogen and oxygen atoms in total. The number of carboxylic acids is 1. The summed E-state index contributed by atoms with van der Waals surface area (Å²) in [7, 11) is 5.01. The van der Waals surface area contributed by atoms with E-state index in [9.17, 15) is 14.4 Å². The highest BCUT2D eigenvalue weighted by Crippen LogP contribution is 2.22. The number of primary amides is 1. The number of rotatable bonds is 15. The molecule has 0 radical (unpaired) electrons. The lowest BCUT2D eigenvalue weighted by Crippen LogP contribution is -2.40. The van der Waals surface area contributed by atoms with E-state index in [4.69, 9.17) is 20.3 Å². The van der Waals surface area contributed by atoms with Crippen LogP contribution < -0.4 is 5.73 Å². The number of carboxylic acid groups (broad SMARTS) is 1. The van der Waals surface area contributed by atoms with Gasteiger partial charge in [0.05, 0.1) is 19.1 Å². The third-order valence-corrected chi connectivity index (χ3v) is 6.35. The number of amides is 1. The molecule has 0 aromatic heterocycles. The SMILES string of the molecule is CC.CC(C)CSCCC(=O)O.CCC(C)(C)CC.COCCOC(=O)CC[C@@H](C(N)=O)N(C)C. The Balaban J connectivity index is -0.000000216. The van der Waals surface area contributed by atoms with Crippen molar-refractivity contribution in [2.75, 3.05) is 45.9 Å². The molecule has 0 unspecified atom stereocenters. The van der Waals surface area contributed by atoms with Crippen LogP contribution in [-0.2, 0) is 23.9 Å². The first-order valence-electron chi connectivity index (χ1n) is 12.6. The zero-order chi connectivity index (χ0) is 28.4. The van der Waals surface area contributed by atoms with E-state index in [0.717, 1.165) is 11.5 Å². The van der Waals surface area contributed by atoms with Crippen molar-refractivity contribution in [2.45, 2.75) is 93.5 Å². The number of carbonyl (C=O) groups excluding carboxylic acids is 2. The van der Waals surface area contributed by atoms with Gasteiger partial charge in [0.1, 0.15) is 6.61 Å². The highest BCUT2D eigenvalue weighted by molar-refractivity contribution is 7.99. The fourth-order valence-corrected chi connectivity index (χ4v) is 2.91. The summed E-state index contributed by atoms with van der Waals surface area (Å²) in [6.07, 6.45) is 3.42. The number of esters is 1. The zero-order valence-electron chi connectivity index (χ0n) is 24.4. The molecule has 9 heteroatoms. The predicted molar refractivity (Wildman–Crippen MR) is 149 cm³/mol. The number of nitrogens with zero attached hydrogens (tertiary/aromatic N) is 1. The van der Waals surface area contributed by atoms with Crippen molar-refractivity contribution in [3.05, 3.63) is 0 Å². The van der Waals surface area contributed by atoms with Gasteiger partial charge in [-0.2, -0.15) is 11.8 Å². The highest BCUT2D eigenvalue weighted by atomic mass is 32.2. The molecule has 0 aliphatic heterocycles. The van der Waals surface area contributed by atoms with Gasteiger partial charge in [0, 0.05) is 19.3 Å². The molecule has 1 atom stereocenters. The number of hydrogen-bond acceptors (Lipinski definition) is 7. The Kier molecular flexibility index (Phi) is 31.8. The van der Waals surface area contributed by atoms with Crippen LogP contribution in [0.25, 0.3) is 0 Å². The minimum absolute atomic E-state index is 0.176. The molecule has 0 aliphatic carbocycles. The maximum Gasteiger partial charge on any atom is 0.305 e. The van der Waals surface area contributed by atoms with Gasteiger partial charge >= 0.3 is 11.9 Å². The third kappa shape index (κ3) is 34.9. The first-order chi connectivity index (χ1) is 16.2. The second-order valence-electron chi connectivity index (χ2n) is 9.12. The molecule has 212 valence electrons.